The third-order valence-electron chi connectivity index (χ3n) is 15.0. The van der Waals surface area contributed by atoms with Crippen LogP contribution in [-0.2, 0) is 28.8 Å². The van der Waals surface area contributed by atoms with Gasteiger partial charge in [-0.3, -0.25) is 33.7 Å². The molecule has 6 rings (SSSR count). The van der Waals surface area contributed by atoms with Gasteiger partial charge in [0.25, 0.3) is 5.91 Å². The van der Waals surface area contributed by atoms with Crippen LogP contribution in [0, 0.1) is 27.6 Å². The Bertz CT molecular complexity index is 1530. The van der Waals surface area contributed by atoms with Gasteiger partial charge in [0.05, 0.1) is 12.1 Å². The predicted molar refractivity (Wildman–Crippen MR) is 210 cm³/mol. The van der Waals surface area contributed by atoms with Gasteiger partial charge in [0.15, 0.2) is 0 Å². The van der Waals surface area contributed by atoms with Gasteiger partial charge in [-0.05, 0) is 101 Å². The van der Waals surface area contributed by atoms with Crippen molar-refractivity contribution in [3.05, 3.63) is 0 Å². The number of fused-ring (bicyclic) bond motifs is 1. The minimum absolute atomic E-state index is 0.0139. The van der Waals surface area contributed by atoms with E-state index in [-0.39, 0.29) is 57.5 Å². The lowest BCUT2D eigenvalue weighted by Crippen LogP contribution is -2.66. The Hall–Kier alpha value is -3.02. The molecule has 0 aromatic heterocycles. The molecular formula is C43H70N6O6. The van der Waals surface area contributed by atoms with Crippen molar-refractivity contribution in [2.75, 3.05) is 13.1 Å². The predicted octanol–water partition coefficient (Wildman–Crippen LogP) is 4.39. The molecule has 0 bridgehead atoms. The van der Waals surface area contributed by atoms with Crippen LogP contribution in [0.15, 0.2) is 0 Å². The highest BCUT2D eigenvalue weighted by Gasteiger charge is 2.85. The number of hydrogen-bond donors (Lipinski definition) is 4. The van der Waals surface area contributed by atoms with Crippen molar-refractivity contribution in [2.24, 2.45) is 27.6 Å². The first-order valence-corrected chi connectivity index (χ1v) is 21.5. The molecule has 308 valence electrons. The summed E-state index contributed by atoms with van der Waals surface area (Å²) >= 11 is 0. The first-order chi connectivity index (χ1) is 25.7. The van der Waals surface area contributed by atoms with Crippen LogP contribution in [-0.4, -0.2) is 100.0 Å². The number of likely N-dealkylation sites (tertiary alicyclic amines) is 2. The highest BCUT2D eigenvalue weighted by molar-refractivity contribution is 6.38. The molecule has 4 saturated carbocycles. The van der Waals surface area contributed by atoms with Gasteiger partial charge in [-0.15, -0.1) is 0 Å². The molecular weight excluding hydrogens is 697 g/mol. The van der Waals surface area contributed by atoms with Gasteiger partial charge in [0.2, 0.25) is 29.4 Å². The zero-order valence-electron chi connectivity index (χ0n) is 35.2. The quantitative estimate of drug-likeness (QED) is 0.203. The summed E-state index contributed by atoms with van der Waals surface area (Å²) in [5.41, 5.74) is -1.22. The summed E-state index contributed by atoms with van der Waals surface area (Å²) < 4.78 is 0. The van der Waals surface area contributed by atoms with Crippen LogP contribution < -0.4 is 21.3 Å². The van der Waals surface area contributed by atoms with E-state index in [9.17, 15) is 24.0 Å². The SMILES string of the molecule is CCCC(NC(=O)[C@@H]1C[C@@]2(CN1C(=O)[C@@H](NC(=O)[C@@H](NC(=O)C1CCN1C(C)(C)C)C1CCCCC1)C(C)(C)C)C(C)(C)C21CCC1)C(=O)C(=O)NC1CC1. The lowest BCUT2D eigenvalue weighted by molar-refractivity contribution is -0.146. The third-order valence-corrected chi connectivity index (χ3v) is 15.0. The van der Waals surface area contributed by atoms with Crippen molar-refractivity contribution >= 4 is 35.3 Å². The Labute approximate surface area is 329 Å². The zero-order valence-corrected chi connectivity index (χ0v) is 35.2. The molecule has 4 N–H and O–H groups in total. The molecule has 0 aromatic rings. The van der Waals surface area contributed by atoms with E-state index in [0.29, 0.717) is 25.8 Å². The maximum Gasteiger partial charge on any atom is 0.289 e. The van der Waals surface area contributed by atoms with E-state index in [1.165, 1.54) is 0 Å². The van der Waals surface area contributed by atoms with E-state index in [0.717, 1.165) is 77.2 Å². The van der Waals surface area contributed by atoms with E-state index < -0.39 is 47.2 Å². The second kappa shape index (κ2) is 15.1. The summed E-state index contributed by atoms with van der Waals surface area (Å²) in [6.45, 7) is 19.7. The van der Waals surface area contributed by atoms with E-state index in [2.05, 4.69) is 60.8 Å². The molecule has 0 radical (unpaired) electrons. The van der Waals surface area contributed by atoms with Gasteiger partial charge in [-0.25, -0.2) is 0 Å². The molecule has 12 nitrogen and oxygen atoms in total. The minimum Gasteiger partial charge on any atom is -0.347 e. The number of hydrogen-bond acceptors (Lipinski definition) is 7. The van der Waals surface area contributed by atoms with Gasteiger partial charge >= 0.3 is 0 Å². The molecule has 0 aromatic carbocycles. The van der Waals surface area contributed by atoms with Crippen molar-refractivity contribution in [3.8, 4) is 0 Å². The summed E-state index contributed by atoms with van der Waals surface area (Å²) in [7, 11) is 0. The molecule has 55 heavy (non-hydrogen) atoms. The maximum atomic E-state index is 15.1. The Morgan fingerprint density at radius 2 is 1.40 bits per heavy atom. The number of rotatable bonds is 13. The number of nitrogens with one attached hydrogen (secondary N) is 4. The van der Waals surface area contributed by atoms with Crippen LogP contribution >= 0.6 is 0 Å². The van der Waals surface area contributed by atoms with E-state index >= 15 is 4.79 Å². The molecule has 2 aliphatic heterocycles. The molecule has 4 aliphatic carbocycles. The fraction of sp³-hybridized carbons (Fsp3) is 0.860. The van der Waals surface area contributed by atoms with E-state index in [1.54, 1.807) is 4.90 Å². The number of ketones is 1. The minimum atomic E-state index is -0.988. The normalized spacial score (nSPS) is 29.0. The van der Waals surface area contributed by atoms with Gasteiger partial charge in [-0.2, -0.15) is 0 Å². The maximum absolute atomic E-state index is 15.1. The summed E-state index contributed by atoms with van der Waals surface area (Å²) in [5, 5.41) is 12.0. The average Bonchev–Trinajstić information content (AvgIpc) is 3.88. The molecule has 6 aliphatic rings. The number of amides is 5. The monoisotopic (exact) mass is 767 g/mol. The van der Waals surface area contributed by atoms with Crippen molar-refractivity contribution < 1.29 is 28.8 Å². The summed E-state index contributed by atoms with van der Waals surface area (Å²) in [6, 6.07) is -3.89. The van der Waals surface area contributed by atoms with Crippen molar-refractivity contribution in [2.45, 2.75) is 194 Å². The first kappa shape index (κ1) is 41.6. The van der Waals surface area contributed by atoms with Crippen molar-refractivity contribution in [1.82, 2.24) is 31.1 Å². The van der Waals surface area contributed by atoms with Gasteiger partial charge in [0.1, 0.15) is 18.1 Å². The highest BCUT2D eigenvalue weighted by atomic mass is 16.2. The molecule has 12 heteroatoms. The number of Topliss-reactive ketones (excluding diaryl/α,β-unsaturated/α-hetero) is 1. The third kappa shape index (κ3) is 7.59. The summed E-state index contributed by atoms with van der Waals surface area (Å²) in [6.07, 6.45) is 11.7. The van der Waals surface area contributed by atoms with Crippen molar-refractivity contribution in [1.29, 1.82) is 0 Å². The van der Waals surface area contributed by atoms with Crippen LogP contribution in [0.2, 0.25) is 0 Å². The molecule has 2 heterocycles. The number of carbonyl (C=O) groups excluding carboxylic acids is 6. The lowest BCUT2D eigenvalue weighted by atomic mass is 9.73. The van der Waals surface area contributed by atoms with Crippen LogP contribution in [0.5, 0.6) is 0 Å². The first-order valence-electron chi connectivity index (χ1n) is 21.5. The Morgan fingerprint density at radius 1 is 0.764 bits per heavy atom. The van der Waals surface area contributed by atoms with Crippen LogP contribution in [0.25, 0.3) is 0 Å². The van der Waals surface area contributed by atoms with Crippen LogP contribution in [0.3, 0.4) is 0 Å². The Morgan fingerprint density at radius 3 is 1.89 bits per heavy atom. The summed E-state index contributed by atoms with van der Waals surface area (Å²) in [4.78, 5) is 87.9. The molecule has 5 amide bonds. The van der Waals surface area contributed by atoms with Gasteiger partial charge in [0, 0.05) is 30.1 Å². The second-order valence-corrected chi connectivity index (χ2v) is 20.7. The largest absolute Gasteiger partial charge is 0.347 e. The fourth-order valence-corrected chi connectivity index (χ4v) is 11.2. The molecule has 6 atom stereocenters. The van der Waals surface area contributed by atoms with Gasteiger partial charge in [-0.1, -0.05) is 73.6 Å². The highest BCUT2D eigenvalue weighted by Crippen LogP contribution is 2.88. The number of nitrogens with zero attached hydrogens (tertiary/aromatic N) is 2. The summed E-state index contributed by atoms with van der Waals surface area (Å²) in [5.74, 6) is -2.63. The zero-order chi connectivity index (χ0) is 40.3. The lowest BCUT2D eigenvalue weighted by Gasteiger charge is -2.49. The van der Waals surface area contributed by atoms with Crippen LogP contribution in [0.1, 0.15) is 152 Å². The molecule has 2 saturated heterocycles. The smallest absolute Gasteiger partial charge is 0.289 e. The molecule has 6 fully saturated rings. The van der Waals surface area contributed by atoms with E-state index in [4.69, 9.17) is 0 Å². The second-order valence-electron chi connectivity index (χ2n) is 20.7. The Balaban J connectivity index is 1.25. The molecule has 2 spiro atoms. The van der Waals surface area contributed by atoms with Crippen LogP contribution in [0.4, 0.5) is 0 Å². The molecule has 2 unspecified atom stereocenters. The topological polar surface area (TPSA) is 157 Å². The number of carbonyl (C=O) groups is 6. The standard InChI is InChI=1S/C43H70N6O6/c1-10-15-28(32(50)37(54)44-27-18-19-27)45-35(52)30-24-43(41(8,9)42(43)21-14-22-42)25-48(30)38(55)33(39(2,3)4)47-36(53)31(26-16-12-11-13-17-26)46-34(51)29-20-23-49(29)40(5,6)7/h26-31,33H,10-25H2,1-9H3,(H,44,54)(H,45,52)(H,46,51)(H,47,53)/t28?,29?,30-,31-,33+,43+/m0/s1. The Kier molecular flexibility index (Phi) is 11.4. The van der Waals surface area contributed by atoms with Gasteiger partial charge < -0.3 is 26.2 Å². The van der Waals surface area contributed by atoms with E-state index in [1.807, 2.05) is 27.7 Å². The fourth-order valence-electron chi connectivity index (χ4n) is 11.2. The average molecular weight is 767 g/mol. The van der Waals surface area contributed by atoms with Crippen molar-refractivity contribution in [3.63, 3.8) is 0 Å².